The molecule has 7 heteroatoms. The number of carbonyl (C=O) groups is 2. The van der Waals surface area contributed by atoms with E-state index in [1.165, 1.54) is 12.1 Å². The van der Waals surface area contributed by atoms with Crippen LogP contribution in [0.25, 0.3) is 0 Å². The molecule has 1 amide bonds. The van der Waals surface area contributed by atoms with Gasteiger partial charge in [-0.3, -0.25) is 4.79 Å². The topological polar surface area (TPSA) is 94.1 Å². The van der Waals surface area contributed by atoms with Crippen LogP contribution >= 0.6 is 0 Å². The smallest absolute Gasteiger partial charge is 0.341 e. The third-order valence-electron chi connectivity index (χ3n) is 3.65. The summed E-state index contributed by atoms with van der Waals surface area (Å²) in [6, 6.07) is 10.0. The van der Waals surface area contributed by atoms with E-state index < -0.39 is 12.6 Å². The Hall–Kier alpha value is -3.22. The van der Waals surface area contributed by atoms with Gasteiger partial charge in [-0.2, -0.15) is 0 Å². The molecule has 2 aromatic rings. The summed E-state index contributed by atoms with van der Waals surface area (Å²) >= 11 is 0. The molecule has 28 heavy (non-hydrogen) atoms. The molecule has 0 atom stereocenters. The van der Waals surface area contributed by atoms with Crippen molar-refractivity contribution >= 4 is 17.6 Å². The third-order valence-corrected chi connectivity index (χ3v) is 3.65. The third kappa shape index (κ3) is 5.90. The van der Waals surface area contributed by atoms with Gasteiger partial charge in [-0.15, -0.1) is 0 Å². The van der Waals surface area contributed by atoms with E-state index in [9.17, 15) is 9.59 Å². The first-order valence-electron chi connectivity index (χ1n) is 9.00. The molecule has 0 bridgehead atoms. The summed E-state index contributed by atoms with van der Waals surface area (Å²) in [5.74, 6) is -0.0566. The molecular formula is C21H25NO6. The summed E-state index contributed by atoms with van der Waals surface area (Å²) in [5.41, 5.74) is 1.92. The number of carboxylic acids is 1. The van der Waals surface area contributed by atoms with Gasteiger partial charge in [-0.05, 0) is 69.7 Å². The van der Waals surface area contributed by atoms with Crippen molar-refractivity contribution in [1.29, 1.82) is 0 Å². The van der Waals surface area contributed by atoms with Crippen molar-refractivity contribution in [3.8, 4) is 17.2 Å². The summed E-state index contributed by atoms with van der Waals surface area (Å²) < 4.78 is 16.4. The number of rotatable bonds is 9. The highest BCUT2D eigenvalue weighted by Gasteiger charge is 2.14. The number of aliphatic carboxylic acids is 1. The lowest BCUT2D eigenvalue weighted by molar-refractivity contribution is -0.139. The number of hydrogen-bond donors (Lipinski definition) is 2. The predicted octanol–water partition coefficient (Wildman–Crippen LogP) is 3.90. The summed E-state index contributed by atoms with van der Waals surface area (Å²) in [7, 11) is 0. The van der Waals surface area contributed by atoms with Crippen LogP contribution in [0.3, 0.4) is 0 Å². The number of nitrogens with one attached hydrogen (secondary N) is 1. The number of hydrogen-bond acceptors (Lipinski definition) is 5. The Morgan fingerprint density at radius 1 is 1.04 bits per heavy atom. The van der Waals surface area contributed by atoms with Gasteiger partial charge in [0.1, 0.15) is 5.75 Å². The summed E-state index contributed by atoms with van der Waals surface area (Å²) in [4.78, 5) is 23.3. The van der Waals surface area contributed by atoms with Gasteiger partial charge in [-0.25, -0.2) is 4.79 Å². The Balaban J connectivity index is 2.16. The standard InChI is InChI=1S/C21H25NO6/c1-5-26-19-11-15(6-8-18(19)27-12-20(23)24)21(25)22-16-7-9-17(14(4)10-16)28-13(2)3/h6-11,13H,5,12H2,1-4H3,(H,22,25)(H,23,24). The molecule has 2 N–H and O–H groups in total. The number of carbonyl (C=O) groups excluding carboxylic acids is 1. The van der Waals surface area contributed by atoms with Gasteiger partial charge in [-0.1, -0.05) is 0 Å². The fourth-order valence-corrected chi connectivity index (χ4v) is 2.49. The zero-order valence-electron chi connectivity index (χ0n) is 16.4. The second-order valence-electron chi connectivity index (χ2n) is 6.38. The van der Waals surface area contributed by atoms with Crippen molar-refractivity contribution in [3.63, 3.8) is 0 Å². The molecule has 0 radical (unpaired) electrons. The average molecular weight is 387 g/mol. The van der Waals surface area contributed by atoms with Crippen LogP contribution in [0.2, 0.25) is 0 Å². The number of amides is 1. The van der Waals surface area contributed by atoms with Crippen molar-refractivity contribution in [2.75, 3.05) is 18.5 Å². The average Bonchev–Trinajstić information content (AvgIpc) is 2.62. The molecule has 7 nitrogen and oxygen atoms in total. The molecule has 0 saturated carbocycles. The molecule has 150 valence electrons. The lowest BCUT2D eigenvalue weighted by Gasteiger charge is -2.14. The van der Waals surface area contributed by atoms with E-state index >= 15 is 0 Å². The van der Waals surface area contributed by atoms with Crippen LogP contribution in [0, 0.1) is 6.92 Å². The van der Waals surface area contributed by atoms with E-state index in [0.717, 1.165) is 11.3 Å². The molecule has 0 aliphatic carbocycles. The lowest BCUT2D eigenvalue weighted by Crippen LogP contribution is -2.14. The molecule has 0 saturated heterocycles. The molecule has 2 rings (SSSR count). The van der Waals surface area contributed by atoms with E-state index in [2.05, 4.69) is 5.32 Å². The molecule has 0 aliphatic heterocycles. The molecule has 0 aromatic heterocycles. The van der Waals surface area contributed by atoms with Crippen molar-refractivity contribution in [2.24, 2.45) is 0 Å². The van der Waals surface area contributed by atoms with Crippen molar-refractivity contribution < 1.29 is 28.9 Å². The fraction of sp³-hybridized carbons (Fsp3) is 0.333. The van der Waals surface area contributed by atoms with Gasteiger partial charge in [0.25, 0.3) is 5.91 Å². The maximum absolute atomic E-state index is 12.6. The Labute approximate surface area is 164 Å². The van der Waals surface area contributed by atoms with Gasteiger partial charge in [0.2, 0.25) is 0 Å². The SMILES string of the molecule is CCOc1cc(C(=O)Nc2ccc(OC(C)C)c(C)c2)ccc1OCC(=O)O. The maximum Gasteiger partial charge on any atom is 0.341 e. The van der Waals surface area contributed by atoms with Crippen molar-refractivity contribution in [3.05, 3.63) is 47.5 Å². The minimum absolute atomic E-state index is 0.0676. The highest BCUT2D eigenvalue weighted by Crippen LogP contribution is 2.29. The number of benzene rings is 2. The van der Waals surface area contributed by atoms with E-state index in [4.69, 9.17) is 19.3 Å². The summed E-state index contributed by atoms with van der Waals surface area (Å²) in [6.07, 6.45) is 0.0676. The first-order chi connectivity index (χ1) is 13.3. The summed E-state index contributed by atoms with van der Waals surface area (Å²) in [6.45, 7) is 7.47. The number of ether oxygens (including phenoxy) is 3. The highest BCUT2D eigenvalue weighted by molar-refractivity contribution is 6.04. The largest absolute Gasteiger partial charge is 0.491 e. The van der Waals surface area contributed by atoms with Crippen molar-refractivity contribution in [1.82, 2.24) is 0 Å². The Morgan fingerprint density at radius 3 is 2.36 bits per heavy atom. The molecule has 0 aliphatic rings. The van der Waals surface area contributed by atoms with Crippen molar-refractivity contribution in [2.45, 2.75) is 33.8 Å². The van der Waals surface area contributed by atoms with E-state index in [1.54, 1.807) is 19.1 Å². The number of carboxylic acid groups (broad SMARTS) is 1. The molecule has 0 fully saturated rings. The first kappa shape index (κ1) is 21.1. The highest BCUT2D eigenvalue weighted by atomic mass is 16.5. The molecule has 0 heterocycles. The van der Waals surface area contributed by atoms with Gasteiger partial charge in [0.05, 0.1) is 12.7 Å². The number of aryl methyl sites for hydroxylation is 1. The monoisotopic (exact) mass is 387 g/mol. The predicted molar refractivity (Wildman–Crippen MR) is 106 cm³/mol. The van der Waals surface area contributed by atoms with Crippen LogP contribution in [0.5, 0.6) is 17.2 Å². The quantitative estimate of drug-likeness (QED) is 0.678. The Morgan fingerprint density at radius 2 is 1.75 bits per heavy atom. The zero-order valence-corrected chi connectivity index (χ0v) is 16.4. The molecular weight excluding hydrogens is 362 g/mol. The lowest BCUT2D eigenvalue weighted by atomic mass is 10.1. The Kier molecular flexibility index (Phi) is 7.26. The minimum Gasteiger partial charge on any atom is -0.491 e. The van der Waals surface area contributed by atoms with Crippen LogP contribution in [0.1, 0.15) is 36.7 Å². The van der Waals surface area contributed by atoms with Gasteiger partial charge < -0.3 is 24.6 Å². The number of anilines is 1. The molecule has 0 unspecified atom stereocenters. The van der Waals surface area contributed by atoms with Crippen LogP contribution in [-0.4, -0.2) is 36.3 Å². The van der Waals surface area contributed by atoms with Crippen LogP contribution in [-0.2, 0) is 4.79 Å². The van der Waals surface area contributed by atoms with Crippen LogP contribution in [0.15, 0.2) is 36.4 Å². The van der Waals surface area contributed by atoms with E-state index in [0.29, 0.717) is 23.6 Å². The normalized spacial score (nSPS) is 10.5. The van der Waals surface area contributed by atoms with E-state index in [1.807, 2.05) is 32.9 Å². The fourth-order valence-electron chi connectivity index (χ4n) is 2.49. The van der Waals surface area contributed by atoms with Gasteiger partial charge >= 0.3 is 5.97 Å². The second-order valence-corrected chi connectivity index (χ2v) is 6.38. The minimum atomic E-state index is -1.09. The summed E-state index contributed by atoms with van der Waals surface area (Å²) in [5, 5.41) is 11.6. The molecule has 2 aromatic carbocycles. The van der Waals surface area contributed by atoms with Crippen LogP contribution in [0.4, 0.5) is 5.69 Å². The first-order valence-corrected chi connectivity index (χ1v) is 9.00. The molecule has 0 spiro atoms. The second kappa shape index (κ2) is 9.64. The maximum atomic E-state index is 12.6. The van der Waals surface area contributed by atoms with Gasteiger partial charge in [0, 0.05) is 11.3 Å². The van der Waals surface area contributed by atoms with Crippen LogP contribution < -0.4 is 19.5 Å². The van der Waals surface area contributed by atoms with E-state index in [-0.39, 0.29) is 17.8 Å². The zero-order chi connectivity index (χ0) is 20.7. The van der Waals surface area contributed by atoms with Gasteiger partial charge in [0.15, 0.2) is 18.1 Å². The Bertz CT molecular complexity index is 847.